The van der Waals surface area contributed by atoms with E-state index in [2.05, 4.69) is 19.9 Å². The second kappa shape index (κ2) is 3.89. The molecule has 14 heavy (non-hydrogen) atoms. The zero-order valence-corrected chi connectivity index (χ0v) is 7.33. The maximum atomic E-state index is 8.88. The third-order valence-corrected chi connectivity index (χ3v) is 1.64. The average molecular weight is 188 g/mol. The molecule has 0 unspecified atom stereocenters. The summed E-state index contributed by atoms with van der Waals surface area (Å²) in [5.74, 6) is 0.889. The van der Waals surface area contributed by atoms with Crippen molar-refractivity contribution < 1.29 is 5.11 Å². The van der Waals surface area contributed by atoms with Crippen molar-refractivity contribution in [1.82, 2.24) is 19.9 Å². The number of aliphatic hydroxyl groups excluding tert-OH is 1. The molecular formula is C9H8N4O. The molecule has 2 aromatic rings. The van der Waals surface area contributed by atoms with Crippen molar-refractivity contribution in [2.45, 2.75) is 6.61 Å². The zero-order chi connectivity index (χ0) is 9.80. The van der Waals surface area contributed by atoms with Crippen LogP contribution in [0.4, 0.5) is 0 Å². The molecule has 0 aliphatic carbocycles. The Balaban J connectivity index is 2.42. The van der Waals surface area contributed by atoms with E-state index in [1.165, 1.54) is 0 Å². The second-order valence-electron chi connectivity index (χ2n) is 2.60. The first-order valence-electron chi connectivity index (χ1n) is 4.10. The molecule has 0 saturated heterocycles. The van der Waals surface area contributed by atoms with Gasteiger partial charge in [0.25, 0.3) is 0 Å². The first-order valence-corrected chi connectivity index (χ1v) is 4.10. The molecule has 2 rings (SSSR count). The van der Waals surface area contributed by atoms with E-state index in [9.17, 15) is 0 Å². The van der Waals surface area contributed by atoms with Gasteiger partial charge in [-0.15, -0.1) is 0 Å². The average Bonchev–Trinajstić information content (AvgIpc) is 2.30. The van der Waals surface area contributed by atoms with Crippen LogP contribution in [0, 0.1) is 0 Å². The molecule has 0 saturated carbocycles. The van der Waals surface area contributed by atoms with Crippen LogP contribution < -0.4 is 0 Å². The van der Waals surface area contributed by atoms with E-state index < -0.39 is 0 Å². The van der Waals surface area contributed by atoms with Crippen molar-refractivity contribution in [3.05, 3.63) is 36.4 Å². The molecule has 5 nitrogen and oxygen atoms in total. The lowest BCUT2D eigenvalue weighted by atomic mass is 10.4. The Hall–Kier alpha value is -1.88. The molecule has 70 valence electrons. The minimum atomic E-state index is -0.109. The van der Waals surface area contributed by atoms with Gasteiger partial charge in [-0.05, 0) is 12.1 Å². The van der Waals surface area contributed by atoms with E-state index in [0.29, 0.717) is 17.3 Å². The van der Waals surface area contributed by atoms with Crippen molar-refractivity contribution in [2.24, 2.45) is 0 Å². The Morgan fingerprint density at radius 3 is 2.43 bits per heavy atom. The second-order valence-corrected chi connectivity index (χ2v) is 2.60. The summed E-state index contributed by atoms with van der Waals surface area (Å²) in [4.78, 5) is 16.1. The normalized spacial score (nSPS) is 10.1. The van der Waals surface area contributed by atoms with E-state index in [1.807, 2.05) is 0 Å². The van der Waals surface area contributed by atoms with E-state index in [0.717, 1.165) is 0 Å². The van der Waals surface area contributed by atoms with Crippen molar-refractivity contribution in [3.63, 3.8) is 0 Å². The van der Waals surface area contributed by atoms with Crippen LogP contribution in [0.2, 0.25) is 0 Å². The molecule has 0 aromatic carbocycles. The summed E-state index contributed by atoms with van der Waals surface area (Å²) in [6, 6.07) is 3.37. The summed E-state index contributed by atoms with van der Waals surface area (Å²) < 4.78 is 0. The molecule has 0 radical (unpaired) electrons. The largest absolute Gasteiger partial charge is 0.390 e. The lowest BCUT2D eigenvalue weighted by Crippen LogP contribution is -1.97. The summed E-state index contributed by atoms with van der Waals surface area (Å²) in [6.45, 7) is -0.109. The van der Waals surface area contributed by atoms with Crippen molar-refractivity contribution in [1.29, 1.82) is 0 Å². The summed E-state index contributed by atoms with van der Waals surface area (Å²) in [7, 11) is 0. The van der Waals surface area contributed by atoms with E-state index in [1.54, 1.807) is 30.7 Å². The van der Waals surface area contributed by atoms with Gasteiger partial charge in [0.15, 0.2) is 11.6 Å². The number of rotatable bonds is 2. The van der Waals surface area contributed by atoms with Gasteiger partial charge in [-0.25, -0.2) is 19.9 Å². The van der Waals surface area contributed by atoms with Crippen molar-refractivity contribution >= 4 is 0 Å². The molecule has 2 heterocycles. The van der Waals surface area contributed by atoms with Gasteiger partial charge in [-0.2, -0.15) is 0 Å². The van der Waals surface area contributed by atoms with Crippen LogP contribution in [0.3, 0.4) is 0 Å². The molecule has 0 spiro atoms. The SMILES string of the molecule is OCc1ccnc(-c2ncccn2)n1. The Bertz CT molecular complexity index is 418. The Morgan fingerprint density at radius 1 is 1.00 bits per heavy atom. The Kier molecular flexibility index (Phi) is 2.42. The van der Waals surface area contributed by atoms with Crippen molar-refractivity contribution in [2.75, 3.05) is 0 Å². The molecule has 0 aliphatic rings. The van der Waals surface area contributed by atoms with Gasteiger partial charge >= 0.3 is 0 Å². The lowest BCUT2D eigenvalue weighted by Gasteiger charge is -1.98. The molecule has 2 aromatic heterocycles. The highest BCUT2D eigenvalue weighted by Crippen LogP contribution is 2.06. The van der Waals surface area contributed by atoms with E-state index in [-0.39, 0.29) is 6.61 Å². The maximum absolute atomic E-state index is 8.88. The minimum absolute atomic E-state index is 0.109. The molecule has 0 amide bonds. The monoisotopic (exact) mass is 188 g/mol. The molecule has 0 fully saturated rings. The van der Waals surface area contributed by atoms with Gasteiger partial charge in [0.05, 0.1) is 12.3 Å². The van der Waals surface area contributed by atoms with Crippen LogP contribution >= 0.6 is 0 Å². The summed E-state index contributed by atoms with van der Waals surface area (Å²) >= 11 is 0. The van der Waals surface area contributed by atoms with Crippen LogP contribution in [0.1, 0.15) is 5.69 Å². The van der Waals surface area contributed by atoms with Gasteiger partial charge < -0.3 is 5.11 Å². The van der Waals surface area contributed by atoms with Gasteiger partial charge in [-0.1, -0.05) is 0 Å². The predicted molar refractivity (Wildman–Crippen MR) is 49.0 cm³/mol. The van der Waals surface area contributed by atoms with Gasteiger partial charge in [0.2, 0.25) is 0 Å². The van der Waals surface area contributed by atoms with Gasteiger partial charge in [0, 0.05) is 18.6 Å². The molecular weight excluding hydrogens is 180 g/mol. The number of aliphatic hydroxyl groups is 1. The highest BCUT2D eigenvalue weighted by molar-refractivity contribution is 5.41. The first kappa shape index (κ1) is 8.71. The van der Waals surface area contributed by atoms with Crippen LogP contribution in [0.15, 0.2) is 30.7 Å². The maximum Gasteiger partial charge on any atom is 0.198 e. The molecule has 0 aliphatic heterocycles. The zero-order valence-electron chi connectivity index (χ0n) is 7.33. The fourth-order valence-electron chi connectivity index (χ4n) is 1.01. The predicted octanol–water partition coefficient (Wildman–Crippen LogP) is 0.426. The summed E-state index contributed by atoms with van der Waals surface area (Å²) in [5, 5.41) is 8.88. The third kappa shape index (κ3) is 1.72. The third-order valence-electron chi connectivity index (χ3n) is 1.64. The van der Waals surface area contributed by atoms with Crippen LogP contribution in [0.5, 0.6) is 0 Å². The van der Waals surface area contributed by atoms with Gasteiger partial charge in [0.1, 0.15) is 0 Å². The summed E-state index contributed by atoms with van der Waals surface area (Å²) in [6.07, 6.45) is 4.82. The molecule has 1 N–H and O–H groups in total. The number of hydrogen-bond acceptors (Lipinski definition) is 5. The van der Waals surface area contributed by atoms with Crippen LogP contribution in [0.25, 0.3) is 11.6 Å². The number of aromatic nitrogens is 4. The Morgan fingerprint density at radius 2 is 1.71 bits per heavy atom. The smallest absolute Gasteiger partial charge is 0.198 e. The highest BCUT2D eigenvalue weighted by Gasteiger charge is 2.03. The standard InChI is InChI=1S/C9H8N4O/c14-6-7-2-5-12-9(13-7)8-10-3-1-4-11-8/h1-5,14H,6H2. The van der Waals surface area contributed by atoms with E-state index >= 15 is 0 Å². The number of hydrogen-bond donors (Lipinski definition) is 1. The molecule has 0 bridgehead atoms. The van der Waals surface area contributed by atoms with E-state index in [4.69, 9.17) is 5.11 Å². The topological polar surface area (TPSA) is 71.8 Å². The number of nitrogens with zero attached hydrogens (tertiary/aromatic N) is 4. The highest BCUT2D eigenvalue weighted by atomic mass is 16.3. The van der Waals surface area contributed by atoms with Crippen LogP contribution in [-0.4, -0.2) is 25.0 Å². The fraction of sp³-hybridized carbons (Fsp3) is 0.111. The Labute approximate surface area is 80.5 Å². The van der Waals surface area contributed by atoms with Gasteiger partial charge in [-0.3, -0.25) is 0 Å². The quantitative estimate of drug-likeness (QED) is 0.739. The minimum Gasteiger partial charge on any atom is -0.390 e. The first-order chi connectivity index (χ1) is 6.90. The van der Waals surface area contributed by atoms with Crippen molar-refractivity contribution in [3.8, 4) is 11.6 Å². The molecule has 5 heteroatoms. The van der Waals surface area contributed by atoms with Crippen LogP contribution in [-0.2, 0) is 6.61 Å². The lowest BCUT2D eigenvalue weighted by molar-refractivity contribution is 0.277. The summed E-state index contributed by atoms with van der Waals surface area (Å²) in [5.41, 5.74) is 0.558. The molecule has 0 atom stereocenters. The fourth-order valence-corrected chi connectivity index (χ4v) is 1.01.